The Balaban J connectivity index is 1.40. The first-order chi connectivity index (χ1) is 14.4. The van der Waals surface area contributed by atoms with Gasteiger partial charge in [-0.3, -0.25) is 14.5 Å². The Morgan fingerprint density at radius 1 is 0.933 bits per heavy atom. The van der Waals surface area contributed by atoms with Gasteiger partial charge in [-0.15, -0.1) is 0 Å². The number of nitrogens with zero attached hydrogens (tertiary/aromatic N) is 1. The van der Waals surface area contributed by atoms with Gasteiger partial charge in [-0.1, -0.05) is 6.07 Å². The van der Waals surface area contributed by atoms with Gasteiger partial charge in [0, 0.05) is 19.2 Å². The minimum Gasteiger partial charge on any atom is -0.493 e. The van der Waals surface area contributed by atoms with Crippen molar-refractivity contribution in [2.24, 2.45) is 0 Å². The third-order valence-corrected chi connectivity index (χ3v) is 6.58. The van der Waals surface area contributed by atoms with Gasteiger partial charge in [-0.2, -0.15) is 0 Å². The highest BCUT2D eigenvalue weighted by molar-refractivity contribution is 5.44. The van der Waals surface area contributed by atoms with Gasteiger partial charge < -0.3 is 14.2 Å². The number of methoxy groups -OCH3 is 1. The first-order valence-corrected chi connectivity index (χ1v) is 11.0. The summed E-state index contributed by atoms with van der Waals surface area (Å²) in [5, 5.41) is 0. The van der Waals surface area contributed by atoms with Crippen molar-refractivity contribution in [1.29, 1.82) is 0 Å². The molecule has 0 N–H and O–H groups in total. The average molecular weight is 414 g/mol. The van der Waals surface area contributed by atoms with Gasteiger partial charge in [0.25, 0.3) is 5.43 Å². The van der Waals surface area contributed by atoms with Crippen molar-refractivity contribution in [3.63, 3.8) is 0 Å². The Labute approximate surface area is 177 Å². The van der Waals surface area contributed by atoms with Gasteiger partial charge in [0.05, 0.1) is 13.2 Å². The molecule has 0 amide bonds. The molecule has 6 heteroatoms. The first-order valence-electron chi connectivity index (χ1n) is 11.0. The van der Waals surface area contributed by atoms with Gasteiger partial charge >= 0.3 is 0 Å². The van der Waals surface area contributed by atoms with E-state index in [4.69, 9.17) is 14.2 Å². The highest BCUT2D eigenvalue weighted by Crippen LogP contribution is 2.38. The van der Waals surface area contributed by atoms with Crippen LogP contribution >= 0.6 is 0 Å². The molecular weight excluding hydrogens is 382 g/mol. The summed E-state index contributed by atoms with van der Waals surface area (Å²) in [6.45, 7) is 5.62. The Morgan fingerprint density at radius 2 is 1.63 bits per heavy atom. The third kappa shape index (κ3) is 4.24. The van der Waals surface area contributed by atoms with Crippen LogP contribution in [0.5, 0.6) is 17.2 Å². The molecule has 2 aromatic carbocycles. The maximum absolute atomic E-state index is 11.6. The Morgan fingerprint density at radius 3 is 2.23 bits per heavy atom. The van der Waals surface area contributed by atoms with Crippen LogP contribution in [-0.2, 0) is 0 Å². The Kier molecular flexibility index (Phi) is 5.87. The summed E-state index contributed by atoms with van der Waals surface area (Å²) in [6, 6.07) is 7.60. The van der Waals surface area contributed by atoms with Crippen molar-refractivity contribution in [1.82, 2.24) is 4.90 Å². The smallest absolute Gasteiger partial charge is 0.267 e. The monoisotopic (exact) mass is 413 g/mol. The van der Waals surface area contributed by atoms with Gasteiger partial charge in [0.15, 0.2) is 23.0 Å². The standard InChI is InChI=1S/C24H31NO5/c1-24(2,30-22-15-19(26)23(22)27)25-12-10-16(11-13-25)17-8-9-20(28-3)21(14-17)29-18-6-4-5-7-18/h8-9,14-16,18H,4-7,10-13H2,1-3H3. The molecule has 2 fully saturated rings. The topological polar surface area (TPSA) is 65.1 Å². The van der Waals surface area contributed by atoms with E-state index in [-0.39, 0.29) is 5.75 Å². The fraction of sp³-hybridized carbons (Fsp3) is 0.583. The lowest BCUT2D eigenvalue weighted by atomic mass is 9.88. The number of benzene rings is 1. The SMILES string of the molecule is COc1ccc(C2CCN(C(C)(C)Oc3cc(=O)c3=O)CC2)cc1OC1CCCC1. The van der Waals surface area contributed by atoms with Crippen LogP contribution in [0.1, 0.15) is 63.9 Å². The van der Waals surface area contributed by atoms with E-state index in [1.807, 2.05) is 19.9 Å². The predicted molar refractivity (Wildman–Crippen MR) is 115 cm³/mol. The molecule has 1 heterocycles. The summed E-state index contributed by atoms with van der Waals surface area (Å²) in [5.41, 5.74) is -0.339. The molecule has 30 heavy (non-hydrogen) atoms. The molecule has 1 aliphatic heterocycles. The van der Waals surface area contributed by atoms with E-state index in [1.54, 1.807) is 7.11 Å². The van der Waals surface area contributed by atoms with E-state index in [1.165, 1.54) is 24.5 Å². The highest BCUT2D eigenvalue weighted by Gasteiger charge is 2.34. The van der Waals surface area contributed by atoms with E-state index in [0.717, 1.165) is 50.3 Å². The lowest BCUT2D eigenvalue weighted by Crippen LogP contribution is -2.53. The largest absolute Gasteiger partial charge is 0.493 e. The van der Waals surface area contributed by atoms with Gasteiger partial charge in [0.1, 0.15) is 0 Å². The summed E-state index contributed by atoms with van der Waals surface area (Å²) >= 11 is 0. The maximum atomic E-state index is 11.6. The predicted octanol–water partition coefficient (Wildman–Crippen LogP) is 3.61. The van der Waals surface area contributed by atoms with E-state index in [9.17, 15) is 9.59 Å². The molecule has 1 saturated carbocycles. The molecule has 0 spiro atoms. The molecular formula is C24H31NO5. The summed E-state index contributed by atoms with van der Waals surface area (Å²) in [5.74, 6) is 2.27. The van der Waals surface area contributed by atoms with Crippen LogP contribution in [0.4, 0.5) is 0 Å². The Bertz CT molecular complexity index is 945. The quantitative estimate of drug-likeness (QED) is 0.646. The van der Waals surface area contributed by atoms with Crippen molar-refractivity contribution in [3.8, 4) is 17.2 Å². The van der Waals surface area contributed by atoms with Gasteiger partial charge in [0.2, 0.25) is 5.43 Å². The number of hydrogen-bond acceptors (Lipinski definition) is 6. The summed E-state index contributed by atoms with van der Waals surface area (Å²) in [7, 11) is 1.69. The number of piperidine rings is 1. The molecule has 6 nitrogen and oxygen atoms in total. The van der Waals surface area contributed by atoms with Crippen molar-refractivity contribution in [2.45, 2.75) is 70.1 Å². The molecule has 0 radical (unpaired) electrons. The zero-order chi connectivity index (χ0) is 21.3. The van der Waals surface area contributed by atoms with E-state index in [0.29, 0.717) is 12.0 Å². The average Bonchev–Trinajstić information content (AvgIpc) is 3.26. The van der Waals surface area contributed by atoms with Crippen LogP contribution in [0.3, 0.4) is 0 Å². The van der Waals surface area contributed by atoms with Gasteiger partial charge in [-0.05, 0) is 76.0 Å². The third-order valence-electron chi connectivity index (χ3n) is 6.58. The summed E-state index contributed by atoms with van der Waals surface area (Å²) < 4.78 is 17.6. The van der Waals surface area contributed by atoms with Crippen LogP contribution in [0.2, 0.25) is 0 Å². The van der Waals surface area contributed by atoms with E-state index in [2.05, 4.69) is 17.0 Å². The summed E-state index contributed by atoms with van der Waals surface area (Å²) in [6.07, 6.45) is 6.99. The highest BCUT2D eigenvalue weighted by atomic mass is 16.5. The fourth-order valence-corrected chi connectivity index (χ4v) is 4.68. The molecule has 0 aromatic heterocycles. The van der Waals surface area contributed by atoms with Crippen molar-refractivity contribution < 1.29 is 14.2 Å². The fourth-order valence-electron chi connectivity index (χ4n) is 4.68. The van der Waals surface area contributed by atoms with E-state index < -0.39 is 16.6 Å². The van der Waals surface area contributed by atoms with Crippen LogP contribution in [0, 0.1) is 0 Å². The molecule has 2 aliphatic rings. The minimum atomic E-state index is -0.621. The summed E-state index contributed by atoms with van der Waals surface area (Å²) in [4.78, 5) is 25.0. The van der Waals surface area contributed by atoms with Crippen LogP contribution < -0.4 is 25.1 Å². The lowest BCUT2D eigenvalue weighted by molar-refractivity contribution is -0.0686. The molecule has 1 saturated heterocycles. The second kappa shape index (κ2) is 8.42. The normalized spacial score (nSPS) is 19.3. The number of likely N-dealkylation sites (tertiary alicyclic amines) is 1. The van der Waals surface area contributed by atoms with Gasteiger partial charge in [-0.25, -0.2) is 0 Å². The Hall–Kier alpha value is -2.34. The second-order valence-corrected chi connectivity index (χ2v) is 8.95. The number of rotatable bonds is 7. The number of hydrogen-bond donors (Lipinski definition) is 0. The molecule has 162 valence electrons. The van der Waals surface area contributed by atoms with Crippen molar-refractivity contribution in [3.05, 3.63) is 50.3 Å². The molecule has 0 unspecified atom stereocenters. The van der Waals surface area contributed by atoms with Crippen LogP contribution in [0.25, 0.3) is 0 Å². The number of ether oxygens (including phenoxy) is 3. The van der Waals surface area contributed by atoms with Crippen LogP contribution in [-0.4, -0.2) is 36.9 Å². The molecule has 1 aliphatic carbocycles. The van der Waals surface area contributed by atoms with E-state index >= 15 is 0 Å². The minimum absolute atomic E-state index is 0.177. The zero-order valence-corrected chi connectivity index (χ0v) is 18.1. The van der Waals surface area contributed by atoms with Crippen LogP contribution in [0.15, 0.2) is 33.9 Å². The zero-order valence-electron chi connectivity index (χ0n) is 18.1. The maximum Gasteiger partial charge on any atom is 0.267 e. The molecule has 2 aromatic rings. The van der Waals surface area contributed by atoms with Crippen molar-refractivity contribution >= 4 is 0 Å². The second-order valence-electron chi connectivity index (χ2n) is 8.95. The molecule has 4 rings (SSSR count). The van der Waals surface area contributed by atoms with Crippen molar-refractivity contribution in [2.75, 3.05) is 20.2 Å². The molecule has 0 atom stereocenters. The first kappa shape index (κ1) is 20.9. The molecule has 0 bridgehead atoms. The lowest BCUT2D eigenvalue weighted by Gasteiger charge is -2.42.